The summed E-state index contributed by atoms with van der Waals surface area (Å²) in [6, 6.07) is 0. The molecule has 0 fully saturated rings. The standard InChI is InChI=1S/C88H172O17P2/c1-5-9-13-17-21-25-29-33-36-38-40-41-42-44-46-48-51-55-59-63-67-71-75-88(93)105-84(79-99-86(91)73-69-65-61-57-53-50-47-45-43-39-37-34-30-26-22-18-14-10-6-2)81-103-107(96,97)101-77-82(89)76-100-106(94,95)102-80-83(78-98-85(90)72-68-64-60-56-52-32-28-24-20-16-12-8-4)104-87(92)74-70-66-62-58-54-49-35-31-27-23-19-15-11-7-3/h82-84,89H,5-81H2,1-4H3,(H,94,95)(H,96,97)/t82-,83+,84+/m0/s1. The Labute approximate surface area is 658 Å². The lowest BCUT2D eigenvalue weighted by Gasteiger charge is -2.21. The van der Waals surface area contributed by atoms with Gasteiger partial charge in [0.25, 0.3) is 0 Å². The van der Waals surface area contributed by atoms with Crippen LogP contribution in [0.1, 0.15) is 484 Å². The fourth-order valence-corrected chi connectivity index (χ4v) is 15.5. The van der Waals surface area contributed by atoms with Gasteiger partial charge in [0.05, 0.1) is 26.4 Å². The second-order valence-electron chi connectivity index (χ2n) is 31.6. The molecule has 636 valence electrons. The monoisotopic (exact) mass is 1560 g/mol. The van der Waals surface area contributed by atoms with Crippen molar-refractivity contribution < 1.29 is 80.2 Å². The van der Waals surface area contributed by atoms with Gasteiger partial charge < -0.3 is 33.8 Å². The summed E-state index contributed by atoms with van der Waals surface area (Å²) in [7, 11) is -9.93. The van der Waals surface area contributed by atoms with E-state index in [2.05, 4.69) is 27.7 Å². The van der Waals surface area contributed by atoms with Crippen molar-refractivity contribution in [2.24, 2.45) is 0 Å². The SMILES string of the molecule is CCCCCCCCCCCCCCCCCCCCCCCCC(=O)O[C@H](COC(=O)CCCCCCCCCCCCCCCCCCCCC)COP(=O)(O)OC[C@@H](O)COP(=O)(O)OC[C@@H](COC(=O)CCCCCCCCCCCCCC)OC(=O)CCCCCCCCCCCCCCCC. The van der Waals surface area contributed by atoms with Crippen LogP contribution in [0.25, 0.3) is 0 Å². The lowest BCUT2D eigenvalue weighted by molar-refractivity contribution is -0.161. The largest absolute Gasteiger partial charge is 0.472 e. The van der Waals surface area contributed by atoms with Crippen LogP contribution in [0.5, 0.6) is 0 Å². The second-order valence-corrected chi connectivity index (χ2v) is 34.5. The Kier molecular flexibility index (Phi) is 80.6. The second kappa shape index (κ2) is 82.1. The molecule has 0 heterocycles. The normalized spacial score (nSPS) is 13.7. The summed E-state index contributed by atoms with van der Waals surface area (Å²) in [6.45, 7) is 5.07. The smallest absolute Gasteiger partial charge is 0.462 e. The number of unbranched alkanes of at least 4 members (excludes halogenated alkanes) is 63. The lowest BCUT2D eigenvalue weighted by atomic mass is 10.0. The van der Waals surface area contributed by atoms with Crippen LogP contribution in [0.4, 0.5) is 0 Å². The fourth-order valence-electron chi connectivity index (χ4n) is 13.9. The van der Waals surface area contributed by atoms with Crippen molar-refractivity contribution in [2.75, 3.05) is 39.6 Å². The van der Waals surface area contributed by atoms with Gasteiger partial charge in [-0.2, -0.15) is 0 Å². The lowest BCUT2D eigenvalue weighted by Crippen LogP contribution is -2.30. The molecule has 0 saturated carbocycles. The number of rotatable bonds is 89. The maximum absolute atomic E-state index is 13.2. The Morgan fingerprint density at radius 3 is 0.551 bits per heavy atom. The van der Waals surface area contributed by atoms with Crippen LogP contribution >= 0.6 is 15.6 Å². The van der Waals surface area contributed by atoms with E-state index in [-0.39, 0.29) is 25.7 Å². The highest BCUT2D eigenvalue weighted by molar-refractivity contribution is 7.47. The molecular formula is C88H172O17P2. The summed E-state index contributed by atoms with van der Waals surface area (Å²) < 4.78 is 69.0. The highest BCUT2D eigenvalue weighted by atomic mass is 31.2. The summed E-state index contributed by atoms with van der Waals surface area (Å²) in [5.74, 6) is -2.09. The molecule has 0 amide bonds. The summed E-state index contributed by atoms with van der Waals surface area (Å²) >= 11 is 0. The molecule has 3 N–H and O–H groups in total. The molecule has 2 unspecified atom stereocenters. The molecule has 19 heteroatoms. The first-order valence-electron chi connectivity index (χ1n) is 45.8. The highest BCUT2D eigenvalue weighted by Gasteiger charge is 2.30. The van der Waals surface area contributed by atoms with Gasteiger partial charge in [-0.3, -0.25) is 37.3 Å². The molecule has 0 aromatic carbocycles. The van der Waals surface area contributed by atoms with Crippen LogP contribution < -0.4 is 0 Å². The molecule has 0 radical (unpaired) electrons. The first-order valence-corrected chi connectivity index (χ1v) is 48.8. The summed E-state index contributed by atoms with van der Waals surface area (Å²) in [6.07, 6.45) is 77.8. The fraction of sp³-hybridized carbons (Fsp3) is 0.955. The molecule has 0 aliphatic heterocycles. The van der Waals surface area contributed by atoms with E-state index in [1.54, 1.807) is 0 Å². The minimum absolute atomic E-state index is 0.109. The molecule has 107 heavy (non-hydrogen) atoms. The summed E-state index contributed by atoms with van der Waals surface area (Å²) in [4.78, 5) is 73.3. The van der Waals surface area contributed by atoms with E-state index in [9.17, 15) is 43.2 Å². The third kappa shape index (κ3) is 81.9. The molecule has 0 rings (SSSR count). The number of ether oxygens (including phenoxy) is 4. The van der Waals surface area contributed by atoms with Crippen LogP contribution in [-0.2, 0) is 65.4 Å². The van der Waals surface area contributed by atoms with E-state index < -0.39 is 97.5 Å². The zero-order valence-corrected chi connectivity index (χ0v) is 71.9. The minimum atomic E-state index is -4.97. The van der Waals surface area contributed by atoms with Gasteiger partial charge in [0.15, 0.2) is 12.2 Å². The van der Waals surface area contributed by atoms with E-state index in [0.29, 0.717) is 25.7 Å². The van der Waals surface area contributed by atoms with E-state index >= 15 is 0 Å². The van der Waals surface area contributed by atoms with Gasteiger partial charge in [0.1, 0.15) is 19.3 Å². The van der Waals surface area contributed by atoms with Gasteiger partial charge in [-0.25, -0.2) is 9.13 Å². The van der Waals surface area contributed by atoms with Crippen LogP contribution in [0, 0.1) is 0 Å². The van der Waals surface area contributed by atoms with E-state index in [1.807, 2.05) is 0 Å². The average Bonchev–Trinajstić information content (AvgIpc) is 0.901. The number of aliphatic hydroxyl groups is 1. The number of phosphoric acid groups is 2. The number of phosphoric ester groups is 2. The number of esters is 4. The van der Waals surface area contributed by atoms with E-state index in [1.165, 1.54) is 315 Å². The average molecular weight is 1560 g/mol. The number of aliphatic hydroxyl groups excluding tert-OH is 1. The molecule has 0 aliphatic rings. The molecule has 0 aromatic heterocycles. The van der Waals surface area contributed by atoms with Crippen LogP contribution in [0.2, 0.25) is 0 Å². The molecule has 0 bridgehead atoms. The van der Waals surface area contributed by atoms with E-state index in [0.717, 1.165) is 89.9 Å². The summed E-state index contributed by atoms with van der Waals surface area (Å²) in [5, 5.41) is 10.7. The van der Waals surface area contributed by atoms with Crippen LogP contribution in [0.15, 0.2) is 0 Å². The van der Waals surface area contributed by atoms with Gasteiger partial charge in [0, 0.05) is 25.7 Å². The van der Waals surface area contributed by atoms with Gasteiger partial charge in [0.2, 0.25) is 0 Å². The maximum atomic E-state index is 13.2. The predicted molar refractivity (Wildman–Crippen MR) is 442 cm³/mol. The molecule has 5 atom stereocenters. The van der Waals surface area contributed by atoms with Gasteiger partial charge in [-0.1, -0.05) is 432 Å². The van der Waals surface area contributed by atoms with Crippen molar-refractivity contribution in [2.45, 2.75) is 502 Å². The van der Waals surface area contributed by atoms with Crippen LogP contribution in [-0.4, -0.2) is 96.7 Å². The zero-order valence-electron chi connectivity index (χ0n) is 70.1. The minimum Gasteiger partial charge on any atom is -0.462 e. The maximum Gasteiger partial charge on any atom is 0.472 e. The summed E-state index contributed by atoms with van der Waals surface area (Å²) in [5.41, 5.74) is 0. The predicted octanol–water partition coefficient (Wildman–Crippen LogP) is 27.3. The van der Waals surface area contributed by atoms with E-state index in [4.69, 9.17) is 37.0 Å². The Bertz CT molecular complexity index is 2020. The number of carbonyl (C=O) groups is 4. The van der Waals surface area contributed by atoms with Crippen molar-refractivity contribution >= 4 is 39.5 Å². The van der Waals surface area contributed by atoms with Gasteiger partial charge in [-0.15, -0.1) is 0 Å². The number of hydrogen-bond donors (Lipinski definition) is 3. The van der Waals surface area contributed by atoms with Gasteiger partial charge in [-0.05, 0) is 25.7 Å². The highest BCUT2D eigenvalue weighted by Crippen LogP contribution is 2.45. The molecule has 0 saturated heterocycles. The molecule has 0 aliphatic carbocycles. The Balaban J connectivity index is 5.23. The van der Waals surface area contributed by atoms with Crippen molar-refractivity contribution in [3.8, 4) is 0 Å². The molecule has 0 spiro atoms. The van der Waals surface area contributed by atoms with Crippen molar-refractivity contribution in [1.82, 2.24) is 0 Å². The zero-order chi connectivity index (χ0) is 78.1. The Hall–Kier alpha value is -1.94. The Morgan fingerprint density at radius 2 is 0.374 bits per heavy atom. The topological polar surface area (TPSA) is 237 Å². The van der Waals surface area contributed by atoms with Crippen LogP contribution in [0.3, 0.4) is 0 Å². The Morgan fingerprint density at radius 1 is 0.224 bits per heavy atom. The first kappa shape index (κ1) is 105. The molecule has 0 aromatic rings. The third-order valence-corrected chi connectivity index (χ3v) is 22.8. The quantitative estimate of drug-likeness (QED) is 0.0222. The number of carbonyl (C=O) groups excluding carboxylic acids is 4. The molecular weight excluding hydrogens is 1390 g/mol. The molecule has 17 nitrogen and oxygen atoms in total. The number of hydrogen-bond acceptors (Lipinski definition) is 15. The van der Waals surface area contributed by atoms with Crippen molar-refractivity contribution in [1.29, 1.82) is 0 Å². The third-order valence-electron chi connectivity index (χ3n) is 20.9. The van der Waals surface area contributed by atoms with Gasteiger partial charge >= 0.3 is 39.5 Å². The van der Waals surface area contributed by atoms with Crippen molar-refractivity contribution in [3.63, 3.8) is 0 Å². The first-order chi connectivity index (χ1) is 52.2. The van der Waals surface area contributed by atoms with Crippen molar-refractivity contribution in [3.05, 3.63) is 0 Å².